The molecule has 0 radical (unpaired) electrons. The Morgan fingerprint density at radius 2 is 2.22 bits per heavy atom. The van der Waals surface area contributed by atoms with Gasteiger partial charge in [-0.25, -0.2) is 4.98 Å². The van der Waals surface area contributed by atoms with Gasteiger partial charge in [0.25, 0.3) is 0 Å². The fourth-order valence-corrected chi connectivity index (χ4v) is 3.89. The molecule has 1 atom stereocenters. The SMILES string of the molecule is O=C(CCc1ccc(Br)cc1)NCC1CCCN1c1nccs1. The summed E-state index contributed by atoms with van der Waals surface area (Å²) in [6.07, 6.45) is 5.43. The summed E-state index contributed by atoms with van der Waals surface area (Å²) in [5.74, 6) is 0.124. The van der Waals surface area contributed by atoms with E-state index in [2.05, 4.69) is 43.3 Å². The highest BCUT2D eigenvalue weighted by Crippen LogP contribution is 2.26. The number of aryl methyl sites for hydroxylation is 1. The van der Waals surface area contributed by atoms with Gasteiger partial charge in [0.1, 0.15) is 0 Å². The van der Waals surface area contributed by atoms with Crippen molar-refractivity contribution in [3.63, 3.8) is 0 Å². The maximum Gasteiger partial charge on any atom is 0.220 e. The standard InChI is InChI=1S/C17H20BrN3OS/c18-14-6-3-13(4-7-14)5-8-16(22)20-12-15-2-1-10-21(15)17-19-9-11-23-17/h3-4,6-7,9,11,15H,1-2,5,8,10,12H2,(H,20,22). The van der Waals surface area contributed by atoms with E-state index in [0.717, 1.165) is 29.0 Å². The highest BCUT2D eigenvalue weighted by atomic mass is 79.9. The number of rotatable bonds is 6. The quantitative estimate of drug-likeness (QED) is 0.814. The third-order valence-electron chi connectivity index (χ3n) is 4.13. The zero-order valence-electron chi connectivity index (χ0n) is 12.9. The van der Waals surface area contributed by atoms with Gasteiger partial charge in [-0.05, 0) is 37.0 Å². The van der Waals surface area contributed by atoms with Crippen molar-refractivity contribution in [1.29, 1.82) is 0 Å². The molecule has 1 aromatic carbocycles. The predicted molar refractivity (Wildman–Crippen MR) is 98.0 cm³/mol. The van der Waals surface area contributed by atoms with Gasteiger partial charge in [-0.2, -0.15) is 0 Å². The van der Waals surface area contributed by atoms with E-state index in [-0.39, 0.29) is 5.91 Å². The van der Waals surface area contributed by atoms with E-state index >= 15 is 0 Å². The summed E-state index contributed by atoms with van der Waals surface area (Å²) in [5.41, 5.74) is 1.19. The minimum Gasteiger partial charge on any atom is -0.354 e. The lowest BCUT2D eigenvalue weighted by molar-refractivity contribution is -0.121. The normalized spacial score (nSPS) is 17.4. The van der Waals surface area contributed by atoms with Crippen LogP contribution in [0.15, 0.2) is 40.3 Å². The molecule has 1 aliphatic rings. The van der Waals surface area contributed by atoms with Crippen LogP contribution in [0.4, 0.5) is 5.13 Å². The van der Waals surface area contributed by atoms with Crippen molar-refractivity contribution in [1.82, 2.24) is 10.3 Å². The van der Waals surface area contributed by atoms with Gasteiger partial charge < -0.3 is 10.2 Å². The molecule has 2 aromatic rings. The smallest absolute Gasteiger partial charge is 0.220 e. The number of hydrogen-bond donors (Lipinski definition) is 1. The molecule has 1 amide bonds. The summed E-state index contributed by atoms with van der Waals surface area (Å²) >= 11 is 5.09. The third kappa shape index (κ3) is 4.54. The first-order chi connectivity index (χ1) is 11.2. The summed E-state index contributed by atoms with van der Waals surface area (Å²) in [7, 11) is 0. The van der Waals surface area contributed by atoms with Gasteiger partial charge in [0.05, 0.1) is 0 Å². The molecule has 1 saturated heterocycles. The molecule has 4 nitrogen and oxygen atoms in total. The molecule has 1 fully saturated rings. The Kier molecular flexibility index (Phi) is 5.67. The second-order valence-corrected chi connectivity index (χ2v) is 7.52. The van der Waals surface area contributed by atoms with Gasteiger partial charge in [-0.1, -0.05) is 28.1 Å². The maximum atomic E-state index is 12.1. The molecular formula is C17H20BrN3OS. The van der Waals surface area contributed by atoms with Crippen molar-refractivity contribution in [2.24, 2.45) is 0 Å². The van der Waals surface area contributed by atoms with Crippen molar-refractivity contribution >= 4 is 38.3 Å². The fourth-order valence-electron chi connectivity index (χ4n) is 2.89. The molecule has 1 aliphatic heterocycles. The summed E-state index contributed by atoms with van der Waals surface area (Å²) < 4.78 is 1.06. The second kappa shape index (κ2) is 7.93. The zero-order chi connectivity index (χ0) is 16.1. The number of benzene rings is 1. The molecule has 0 aliphatic carbocycles. The highest BCUT2D eigenvalue weighted by Gasteiger charge is 2.26. The first-order valence-corrected chi connectivity index (χ1v) is 9.57. The lowest BCUT2D eigenvalue weighted by Crippen LogP contribution is -2.40. The number of anilines is 1. The Morgan fingerprint density at radius 3 is 2.96 bits per heavy atom. The molecule has 0 bridgehead atoms. The average Bonchev–Trinajstić information content (AvgIpc) is 3.23. The van der Waals surface area contributed by atoms with E-state index in [4.69, 9.17) is 0 Å². The number of thiazole rings is 1. The molecule has 23 heavy (non-hydrogen) atoms. The number of carbonyl (C=O) groups is 1. The highest BCUT2D eigenvalue weighted by molar-refractivity contribution is 9.10. The first kappa shape index (κ1) is 16.5. The molecule has 3 rings (SSSR count). The molecule has 122 valence electrons. The number of nitrogens with one attached hydrogen (secondary N) is 1. The Hall–Kier alpha value is -1.40. The third-order valence-corrected chi connectivity index (χ3v) is 5.47. The van der Waals surface area contributed by atoms with Crippen molar-refractivity contribution in [2.75, 3.05) is 18.0 Å². The van der Waals surface area contributed by atoms with Gasteiger partial charge in [-0.15, -0.1) is 11.3 Å². The number of aromatic nitrogens is 1. The van der Waals surface area contributed by atoms with Crippen LogP contribution in [-0.4, -0.2) is 30.0 Å². The lowest BCUT2D eigenvalue weighted by atomic mass is 10.1. The summed E-state index contributed by atoms with van der Waals surface area (Å²) in [4.78, 5) is 18.8. The van der Waals surface area contributed by atoms with Crippen LogP contribution in [0.25, 0.3) is 0 Å². The number of carbonyl (C=O) groups excluding carboxylic acids is 1. The van der Waals surface area contributed by atoms with E-state index in [1.54, 1.807) is 11.3 Å². The van der Waals surface area contributed by atoms with Crippen molar-refractivity contribution < 1.29 is 4.79 Å². The van der Waals surface area contributed by atoms with E-state index in [0.29, 0.717) is 19.0 Å². The minimum atomic E-state index is 0.124. The van der Waals surface area contributed by atoms with Crippen molar-refractivity contribution in [3.05, 3.63) is 45.9 Å². The van der Waals surface area contributed by atoms with E-state index in [1.807, 2.05) is 23.7 Å². The topological polar surface area (TPSA) is 45.2 Å². The van der Waals surface area contributed by atoms with Gasteiger partial charge in [0.15, 0.2) is 5.13 Å². The van der Waals surface area contributed by atoms with Gasteiger partial charge in [-0.3, -0.25) is 4.79 Å². The second-order valence-electron chi connectivity index (χ2n) is 5.73. The first-order valence-electron chi connectivity index (χ1n) is 7.89. The summed E-state index contributed by atoms with van der Waals surface area (Å²) in [5, 5.41) is 6.15. The molecule has 0 spiro atoms. The molecule has 1 N–H and O–H groups in total. The maximum absolute atomic E-state index is 12.1. The Bertz CT molecular complexity index is 630. The zero-order valence-corrected chi connectivity index (χ0v) is 15.3. The Morgan fingerprint density at radius 1 is 1.39 bits per heavy atom. The minimum absolute atomic E-state index is 0.124. The predicted octanol–water partition coefficient (Wildman–Crippen LogP) is 3.62. The monoisotopic (exact) mass is 393 g/mol. The fraction of sp³-hybridized carbons (Fsp3) is 0.412. The molecule has 6 heteroatoms. The van der Waals surface area contributed by atoms with E-state index in [1.165, 1.54) is 12.0 Å². The summed E-state index contributed by atoms with van der Waals surface area (Å²) in [6.45, 7) is 1.74. The molecule has 1 unspecified atom stereocenters. The van der Waals surface area contributed by atoms with Crippen LogP contribution in [0.3, 0.4) is 0 Å². The molecule has 0 saturated carbocycles. The van der Waals surface area contributed by atoms with Crippen molar-refractivity contribution in [2.45, 2.75) is 31.7 Å². The number of halogens is 1. The number of hydrogen-bond acceptors (Lipinski definition) is 4. The van der Waals surface area contributed by atoms with Gasteiger partial charge >= 0.3 is 0 Å². The largest absolute Gasteiger partial charge is 0.354 e. The van der Waals surface area contributed by atoms with Crippen LogP contribution in [0.2, 0.25) is 0 Å². The number of nitrogens with zero attached hydrogens (tertiary/aromatic N) is 2. The Labute approximate surface area is 149 Å². The van der Waals surface area contributed by atoms with Crippen LogP contribution >= 0.6 is 27.3 Å². The van der Waals surface area contributed by atoms with E-state index < -0.39 is 0 Å². The molecule has 1 aromatic heterocycles. The molecular weight excluding hydrogens is 374 g/mol. The van der Waals surface area contributed by atoms with Gasteiger partial charge in [0.2, 0.25) is 5.91 Å². The van der Waals surface area contributed by atoms with Crippen LogP contribution in [0, 0.1) is 0 Å². The van der Waals surface area contributed by atoms with E-state index in [9.17, 15) is 4.79 Å². The summed E-state index contributed by atoms with van der Waals surface area (Å²) in [6, 6.07) is 8.50. The number of amides is 1. The average molecular weight is 394 g/mol. The van der Waals surface area contributed by atoms with Crippen LogP contribution in [0.5, 0.6) is 0 Å². The lowest BCUT2D eigenvalue weighted by Gasteiger charge is -2.24. The van der Waals surface area contributed by atoms with Crippen molar-refractivity contribution in [3.8, 4) is 0 Å². The molecule has 2 heterocycles. The van der Waals surface area contributed by atoms with Crippen LogP contribution in [0.1, 0.15) is 24.8 Å². The van der Waals surface area contributed by atoms with Gasteiger partial charge in [0, 0.05) is 41.6 Å². The Balaban J connectivity index is 1.44. The van der Waals surface area contributed by atoms with Crippen LogP contribution < -0.4 is 10.2 Å². The van der Waals surface area contributed by atoms with Crippen LogP contribution in [-0.2, 0) is 11.2 Å².